The highest BCUT2D eigenvalue weighted by Crippen LogP contribution is 2.39. The monoisotopic (exact) mass is 300 g/mol. The fraction of sp³-hybridized carbons (Fsp3) is 0.545. The van der Waals surface area contributed by atoms with Gasteiger partial charge in [0, 0.05) is 0 Å². The summed E-state index contributed by atoms with van der Waals surface area (Å²) in [6.07, 6.45) is -0.383. The third-order valence-corrected chi connectivity index (χ3v) is 3.78. The molecular formula is C11H13ClN4O4. The maximum atomic E-state index is 10.4. The molecule has 2 aromatic rings. The van der Waals surface area contributed by atoms with Crippen LogP contribution in [0.25, 0.3) is 11.2 Å². The van der Waals surface area contributed by atoms with E-state index in [2.05, 4.69) is 15.0 Å². The molecule has 0 saturated carbocycles. The molecule has 4 atom stereocenters. The van der Waals surface area contributed by atoms with E-state index in [1.165, 1.54) is 24.1 Å². The number of nitrogens with zero attached hydrogens (tertiary/aromatic N) is 4. The van der Waals surface area contributed by atoms with Gasteiger partial charge < -0.3 is 20.1 Å². The molecule has 0 aliphatic carbocycles. The summed E-state index contributed by atoms with van der Waals surface area (Å²) in [4.78, 5) is 11.9. The van der Waals surface area contributed by atoms with Crippen LogP contribution >= 0.6 is 11.6 Å². The Hall–Kier alpha value is -1.32. The summed E-state index contributed by atoms with van der Waals surface area (Å²) in [5, 5.41) is 29.8. The quantitative estimate of drug-likeness (QED) is 0.640. The molecule has 0 spiro atoms. The number of imidazole rings is 1. The molecule has 0 aromatic carbocycles. The molecule has 1 saturated heterocycles. The summed E-state index contributed by atoms with van der Waals surface area (Å²) in [6.45, 7) is 1.02. The number of halogens is 1. The smallest absolute Gasteiger partial charge is 0.168 e. The Morgan fingerprint density at radius 1 is 1.45 bits per heavy atom. The Morgan fingerprint density at radius 3 is 2.85 bits per heavy atom. The van der Waals surface area contributed by atoms with Gasteiger partial charge >= 0.3 is 0 Å². The molecule has 20 heavy (non-hydrogen) atoms. The van der Waals surface area contributed by atoms with Gasteiger partial charge in [-0.05, 0) is 6.92 Å². The number of fused-ring (bicyclic) bond motifs is 1. The van der Waals surface area contributed by atoms with Crippen molar-refractivity contribution in [3.05, 3.63) is 17.8 Å². The van der Waals surface area contributed by atoms with Crippen molar-refractivity contribution in [1.82, 2.24) is 19.5 Å². The Morgan fingerprint density at radius 2 is 2.20 bits per heavy atom. The van der Waals surface area contributed by atoms with Gasteiger partial charge in [0.1, 0.15) is 29.7 Å². The van der Waals surface area contributed by atoms with E-state index in [1.54, 1.807) is 0 Å². The Kier molecular flexibility index (Phi) is 3.14. The van der Waals surface area contributed by atoms with Crippen LogP contribution in [0.3, 0.4) is 0 Å². The van der Waals surface area contributed by atoms with Crippen molar-refractivity contribution in [3.8, 4) is 0 Å². The number of aliphatic hydroxyl groups is 3. The van der Waals surface area contributed by atoms with Gasteiger partial charge in [-0.2, -0.15) is 0 Å². The SMILES string of the molecule is CC1(O)C(O)[C@@H](CO)O[C@H]1n1cnc2c(Cl)ncnc21. The summed E-state index contributed by atoms with van der Waals surface area (Å²) in [5.41, 5.74) is -0.852. The molecule has 0 radical (unpaired) electrons. The second-order valence-electron chi connectivity index (χ2n) is 4.87. The van der Waals surface area contributed by atoms with Crippen LogP contribution in [0.1, 0.15) is 13.2 Å². The first-order chi connectivity index (χ1) is 9.46. The van der Waals surface area contributed by atoms with E-state index in [0.29, 0.717) is 11.2 Å². The molecule has 3 rings (SSSR count). The molecular weight excluding hydrogens is 288 g/mol. The van der Waals surface area contributed by atoms with Crippen molar-refractivity contribution >= 4 is 22.8 Å². The van der Waals surface area contributed by atoms with Gasteiger partial charge in [-0.3, -0.25) is 4.57 Å². The lowest BCUT2D eigenvalue weighted by Crippen LogP contribution is -2.44. The summed E-state index contributed by atoms with van der Waals surface area (Å²) in [5.74, 6) is 0. The molecule has 108 valence electrons. The number of hydrogen-bond acceptors (Lipinski definition) is 7. The minimum Gasteiger partial charge on any atom is -0.394 e. The van der Waals surface area contributed by atoms with Crippen molar-refractivity contribution in [2.45, 2.75) is 31.0 Å². The molecule has 3 heterocycles. The van der Waals surface area contributed by atoms with Crippen molar-refractivity contribution < 1.29 is 20.1 Å². The van der Waals surface area contributed by atoms with E-state index in [9.17, 15) is 15.3 Å². The van der Waals surface area contributed by atoms with Crippen molar-refractivity contribution in [3.63, 3.8) is 0 Å². The van der Waals surface area contributed by atoms with Crippen LogP contribution in [0.15, 0.2) is 12.7 Å². The maximum Gasteiger partial charge on any atom is 0.168 e. The predicted molar refractivity (Wildman–Crippen MR) is 68.0 cm³/mol. The molecule has 3 N–H and O–H groups in total. The largest absolute Gasteiger partial charge is 0.394 e. The van der Waals surface area contributed by atoms with E-state index < -0.39 is 30.6 Å². The van der Waals surface area contributed by atoms with Crippen molar-refractivity contribution in [1.29, 1.82) is 0 Å². The Labute approximate surface area is 118 Å². The van der Waals surface area contributed by atoms with Crippen LogP contribution < -0.4 is 0 Å². The molecule has 0 amide bonds. The van der Waals surface area contributed by atoms with E-state index in [4.69, 9.17) is 16.3 Å². The predicted octanol–water partition coefficient (Wildman–Crippen LogP) is -0.519. The molecule has 8 nitrogen and oxygen atoms in total. The van der Waals surface area contributed by atoms with Gasteiger partial charge in [-0.25, -0.2) is 15.0 Å². The second kappa shape index (κ2) is 4.61. The first-order valence-electron chi connectivity index (χ1n) is 5.96. The van der Waals surface area contributed by atoms with Crippen LogP contribution in [0.2, 0.25) is 5.15 Å². The Balaban J connectivity index is 2.10. The van der Waals surface area contributed by atoms with E-state index >= 15 is 0 Å². The number of aliphatic hydroxyl groups excluding tert-OH is 2. The molecule has 9 heteroatoms. The highest BCUT2D eigenvalue weighted by Gasteiger charge is 2.53. The van der Waals surface area contributed by atoms with Gasteiger partial charge in [0.15, 0.2) is 17.0 Å². The van der Waals surface area contributed by atoms with Crippen molar-refractivity contribution in [2.75, 3.05) is 6.61 Å². The third-order valence-electron chi connectivity index (χ3n) is 3.50. The Bertz CT molecular complexity index is 646. The molecule has 0 bridgehead atoms. The number of hydrogen-bond donors (Lipinski definition) is 3. The molecule has 1 aliphatic heterocycles. The standard InChI is InChI=1S/C11H13ClN4O4/c1-11(19)7(18)5(2-17)20-10(11)16-4-15-6-8(12)13-3-14-9(6)16/h3-5,7,10,17-19H,2H2,1H3/t5-,7?,10-,11?/m1/s1. The minimum absolute atomic E-state index is 0.186. The van der Waals surface area contributed by atoms with Crippen LogP contribution in [-0.2, 0) is 4.74 Å². The molecule has 1 aliphatic rings. The van der Waals surface area contributed by atoms with Gasteiger partial charge in [-0.1, -0.05) is 11.6 Å². The number of rotatable bonds is 2. The maximum absolute atomic E-state index is 10.4. The van der Waals surface area contributed by atoms with E-state index in [0.717, 1.165) is 0 Å². The lowest BCUT2D eigenvalue weighted by atomic mass is 9.96. The summed E-state index contributed by atoms with van der Waals surface area (Å²) < 4.78 is 6.96. The summed E-state index contributed by atoms with van der Waals surface area (Å²) in [7, 11) is 0. The second-order valence-corrected chi connectivity index (χ2v) is 5.23. The van der Waals surface area contributed by atoms with E-state index in [1.807, 2.05) is 0 Å². The fourth-order valence-corrected chi connectivity index (χ4v) is 2.56. The average Bonchev–Trinajstić information content (AvgIpc) is 2.92. The number of aromatic nitrogens is 4. The zero-order valence-electron chi connectivity index (χ0n) is 10.5. The lowest BCUT2D eigenvalue weighted by Gasteiger charge is -2.27. The first kappa shape index (κ1) is 13.7. The summed E-state index contributed by atoms with van der Waals surface area (Å²) in [6, 6.07) is 0. The van der Waals surface area contributed by atoms with E-state index in [-0.39, 0.29) is 5.15 Å². The molecule has 2 aromatic heterocycles. The number of ether oxygens (including phenoxy) is 1. The van der Waals surface area contributed by atoms with Crippen LogP contribution in [-0.4, -0.2) is 59.3 Å². The average molecular weight is 301 g/mol. The molecule has 2 unspecified atom stereocenters. The van der Waals surface area contributed by atoms with Gasteiger partial charge in [0.25, 0.3) is 0 Å². The minimum atomic E-state index is -1.60. The van der Waals surface area contributed by atoms with Crippen LogP contribution in [0, 0.1) is 0 Å². The van der Waals surface area contributed by atoms with Gasteiger partial charge in [0.2, 0.25) is 0 Å². The zero-order valence-corrected chi connectivity index (χ0v) is 11.3. The lowest BCUT2D eigenvalue weighted by molar-refractivity contribution is -0.0950. The van der Waals surface area contributed by atoms with Gasteiger partial charge in [-0.15, -0.1) is 0 Å². The first-order valence-corrected chi connectivity index (χ1v) is 6.34. The third kappa shape index (κ3) is 1.80. The topological polar surface area (TPSA) is 114 Å². The van der Waals surface area contributed by atoms with Crippen LogP contribution in [0.4, 0.5) is 0 Å². The summed E-state index contributed by atoms with van der Waals surface area (Å²) >= 11 is 5.91. The highest BCUT2D eigenvalue weighted by molar-refractivity contribution is 6.33. The zero-order chi connectivity index (χ0) is 14.5. The molecule has 1 fully saturated rings. The fourth-order valence-electron chi connectivity index (χ4n) is 2.39. The van der Waals surface area contributed by atoms with Crippen molar-refractivity contribution in [2.24, 2.45) is 0 Å². The van der Waals surface area contributed by atoms with Gasteiger partial charge in [0.05, 0.1) is 12.9 Å². The van der Waals surface area contributed by atoms with Crippen LogP contribution in [0.5, 0.6) is 0 Å². The normalized spacial score (nSPS) is 34.0. The highest BCUT2D eigenvalue weighted by atomic mass is 35.5.